The molecule has 5 aromatic rings. The summed E-state index contributed by atoms with van der Waals surface area (Å²) in [7, 11) is -2.93. The van der Waals surface area contributed by atoms with Crippen LogP contribution in [0.4, 0.5) is 42.0 Å². The minimum atomic E-state index is -2.93. The average molecular weight is 993 g/mol. The topological polar surface area (TPSA) is 162 Å². The number of piperidine rings is 2. The van der Waals surface area contributed by atoms with Crippen LogP contribution >= 0.6 is 23.1 Å². The third-order valence-corrected chi connectivity index (χ3v) is 14.2. The first-order valence-electron chi connectivity index (χ1n) is 22.7. The van der Waals surface area contributed by atoms with Crippen molar-refractivity contribution in [2.45, 2.75) is 84.1 Å². The number of benzene rings is 3. The number of fused-ring (bicyclic) bond motifs is 1. The van der Waals surface area contributed by atoms with Crippen LogP contribution in [0.1, 0.15) is 81.2 Å². The molecule has 18 heteroatoms. The van der Waals surface area contributed by atoms with Gasteiger partial charge in [0.05, 0.1) is 28.4 Å². The summed E-state index contributed by atoms with van der Waals surface area (Å²) in [5, 5.41) is 16.8. The van der Waals surface area contributed by atoms with E-state index in [1.165, 1.54) is 18.2 Å². The molecule has 2 aromatic heterocycles. The molecule has 0 spiro atoms. The maximum absolute atomic E-state index is 15.6. The molecule has 2 fully saturated rings. The van der Waals surface area contributed by atoms with Crippen LogP contribution in [-0.2, 0) is 33.4 Å². The lowest BCUT2D eigenvalue weighted by Crippen LogP contribution is -2.44. The minimum Gasteiger partial charge on any atom is -0.492 e. The number of hydrogen-bond acceptors (Lipinski definition) is 12. The zero-order chi connectivity index (χ0) is 47.1. The average Bonchev–Trinajstić information content (AvgIpc) is 3.28. The van der Waals surface area contributed by atoms with Crippen molar-refractivity contribution in [2.24, 2.45) is 0 Å². The number of imide groups is 1. The SMILES string of the molecule is CCOc1cc(N2CCC(NCCNCCCc3cc(F)c([C@H]4CCC(=O)NC4=O)c(F)c3)CC2)c(CC)cc1Nc1ncc(Br)c(Nc2cc(F)c3nc(CC)ccc3c2P(C)(C)=O)n1. The van der Waals surface area contributed by atoms with Crippen LogP contribution in [0.3, 0.4) is 0 Å². The van der Waals surface area contributed by atoms with E-state index in [4.69, 9.17) is 9.72 Å². The van der Waals surface area contributed by atoms with E-state index in [9.17, 15) is 22.9 Å². The molecule has 0 radical (unpaired) electrons. The van der Waals surface area contributed by atoms with Crippen LogP contribution in [0.25, 0.3) is 10.9 Å². The molecule has 66 heavy (non-hydrogen) atoms. The summed E-state index contributed by atoms with van der Waals surface area (Å²) in [5.74, 6) is -2.81. The van der Waals surface area contributed by atoms with Crippen LogP contribution in [0, 0.1) is 17.5 Å². The highest BCUT2D eigenvalue weighted by Crippen LogP contribution is 2.43. The van der Waals surface area contributed by atoms with Crippen LogP contribution in [-0.4, -0.2) is 85.5 Å². The predicted molar refractivity (Wildman–Crippen MR) is 259 cm³/mol. The van der Waals surface area contributed by atoms with Gasteiger partial charge in [0.15, 0.2) is 5.82 Å². The number of rotatable bonds is 19. The quantitative estimate of drug-likeness (QED) is 0.0304. The Labute approximate surface area is 392 Å². The van der Waals surface area contributed by atoms with E-state index in [0.29, 0.717) is 82.1 Å². The summed E-state index contributed by atoms with van der Waals surface area (Å²) in [6.07, 6.45) is 6.29. The smallest absolute Gasteiger partial charge is 0.234 e. The fraction of sp³-hybridized carbons (Fsp3) is 0.438. The molecule has 2 aliphatic heterocycles. The monoisotopic (exact) mass is 991 g/mol. The second-order valence-corrected chi connectivity index (χ2v) is 21.1. The van der Waals surface area contributed by atoms with E-state index in [2.05, 4.69) is 76.4 Å². The van der Waals surface area contributed by atoms with Crippen molar-refractivity contribution in [1.29, 1.82) is 0 Å². The Balaban J connectivity index is 0.927. The summed E-state index contributed by atoms with van der Waals surface area (Å²) in [5.41, 5.74) is 4.50. The van der Waals surface area contributed by atoms with Crippen molar-refractivity contribution in [2.75, 3.05) is 68.2 Å². The van der Waals surface area contributed by atoms with Gasteiger partial charge in [-0.05, 0) is 123 Å². The number of halogens is 4. The van der Waals surface area contributed by atoms with Gasteiger partial charge in [0.25, 0.3) is 0 Å². The molecule has 0 unspecified atom stereocenters. The van der Waals surface area contributed by atoms with E-state index >= 15 is 4.39 Å². The summed E-state index contributed by atoms with van der Waals surface area (Å²) in [6, 6.07) is 12.1. The van der Waals surface area contributed by atoms with Gasteiger partial charge >= 0.3 is 0 Å². The summed E-state index contributed by atoms with van der Waals surface area (Å²) >= 11 is 3.54. The Kier molecular flexibility index (Phi) is 16.0. The van der Waals surface area contributed by atoms with Crippen molar-refractivity contribution in [3.8, 4) is 5.75 Å². The number of nitrogens with zero attached hydrogens (tertiary/aromatic N) is 4. The number of ether oxygens (including phenoxy) is 1. The highest BCUT2D eigenvalue weighted by atomic mass is 79.9. The largest absolute Gasteiger partial charge is 0.492 e. The fourth-order valence-corrected chi connectivity index (χ4v) is 10.5. The first-order chi connectivity index (χ1) is 31.7. The Morgan fingerprint density at radius 1 is 0.894 bits per heavy atom. The Morgan fingerprint density at radius 2 is 1.65 bits per heavy atom. The number of carbonyl (C=O) groups is 2. The standard InChI is InChI=1S/C48H58BrF3N9O4P/c1-6-29-24-38(58-48-55-27-34(49)46(60-48)57-39-25-37(52)44-33(45(39)66(4,5)64)12-11-30(7-2)56-44)41(65-8-3)26-40(29)61-20-15-31(16-21-61)54-19-18-53-17-9-10-28-22-35(50)43(36(51)23-28)32-13-14-42(62)59-47(32)63/h11-12,22-27,31-32,53-54H,6-10,13-21H2,1-5H3,(H,59,62,63)(H2,55,57,58,60)/t32-/m1/s1. The van der Waals surface area contributed by atoms with Crippen molar-refractivity contribution in [3.63, 3.8) is 0 Å². The highest BCUT2D eigenvalue weighted by Gasteiger charge is 2.33. The van der Waals surface area contributed by atoms with E-state index in [1.54, 1.807) is 25.6 Å². The van der Waals surface area contributed by atoms with E-state index in [0.717, 1.165) is 62.4 Å². The second-order valence-electron chi connectivity index (χ2n) is 17.1. The zero-order valence-corrected chi connectivity index (χ0v) is 40.5. The molecule has 5 N–H and O–H groups in total. The third kappa shape index (κ3) is 11.5. The lowest BCUT2D eigenvalue weighted by molar-refractivity contribution is -0.134. The van der Waals surface area contributed by atoms with E-state index < -0.39 is 42.3 Å². The number of nitrogens with one attached hydrogen (secondary N) is 5. The number of anilines is 5. The first-order valence-corrected chi connectivity index (χ1v) is 26.1. The van der Waals surface area contributed by atoms with Crippen molar-refractivity contribution < 1.29 is 32.1 Å². The van der Waals surface area contributed by atoms with Crippen LogP contribution in [0.15, 0.2) is 53.1 Å². The molecular formula is C48H58BrF3N9O4P. The molecule has 0 aliphatic carbocycles. The number of amides is 2. The molecule has 2 aliphatic rings. The number of hydrogen-bond donors (Lipinski definition) is 5. The molecule has 2 amide bonds. The lowest BCUT2D eigenvalue weighted by Gasteiger charge is -2.35. The molecule has 352 valence electrons. The third-order valence-electron chi connectivity index (χ3n) is 12.1. The minimum absolute atomic E-state index is 0.0555. The predicted octanol–water partition coefficient (Wildman–Crippen LogP) is 8.76. The normalized spacial score (nSPS) is 15.9. The highest BCUT2D eigenvalue weighted by molar-refractivity contribution is 9.10. The Bertz CT molecular complexity index is 2620. The van der Waals surface area contributed by atoms with E-state index in [1.807, 2.05) is 19.9 Å². The molecule has 1 atom stereocenters. The maximum Gasteiger partial charge on any atom is 0.234 e. The van der Waals surface area contributed by atoms with Gasteiger partial charge in [0, 0.05) is 84.6 Å². The fourth-order valence-electron chi connectivity index (χ4n) is 8.80. The van der Waals surface area contributed by atoms with Gasteiger partial charge in [-0.3, -0.25) is 14.9 Å². The van der Waals surface area contributed by atoms with Gasteiger partial charge < -0.3 is 35.5 Å². The molecule has 7 rings (SSSR count). The number of carbonyl (C=O) groups excluding carboxylic acids is 2. The summed E-state index contributed by atoms with van der Waals surface area (Å²) in [6.45, 7) is 13.7. The maximum atomic E-state index is 15.6. The molecule has 4 heterocycles. The second kappa shape index (κ2) is 21.7. The van der Waals surface area contributed by atoms with Gasteiger partial charge in [-0.1, -0.05) is 19.9 Å². The molecule has 0 bridgehead atoms. The van der Waals surface area contributed by atoms with Crippen LogP contribution in [0.2, 0.25) is 0 Å². The number of aryl methyl sites for hydroxylation is 3. The number of pyridine rings is 1. The van der Waals surface area contributed by atoms with Crippen molar-refractivity contribution in [3.05, 3.63) is 93.0 Å². The number of aromatic nitrogens is 3. The van der Waals surface area contributed by atoms with Gasteiger partial charge in [-0.25, -0.2) is 23.1 Å². The molecular weight excluding hydrogens is 934 g/mol. The van der Waals surface area contributed by atoms with E-state index in [-0.39, 0.29) is 29.9 Å². The van der Waals surface area contributed by atoms with Crippen molar-refractivity contribution in [1.82, 2.24) is 30.9 Å². The van der Waals surface area contributed by atoms with Gasteiger partial charge in [-0.2, -0.15) is 4.98 Å². The Hall–Kier alpha value is -5.09. The molecule has 3 aromatic carbocycles. The Morgan fingerprint density at radius 3 is 2.33 bits per heavy atom. The van der Waals surface area contributed by atoms with Crippen LogP contribution < -0.4 is 41.5 Å². The van der Waals surface area contributed by atoms with Gasteiger partial charge in [-0.15, -0.1) is 0 Å². The van der Waals surface area contributed by atoms with Gasteiger partial charge in [0.1, 0.15) is 35.9 Å². The molecule has 13 nitrogen and oxygen atoms in total. The van der Waals surface area contributed by atoms with Crippen LogP contribution in [0.5, 0.6) is 5.75 Å². The lowest BCUT2D eigenvalue weighted by atomic mass is 9.88. The first kappa shape index (κ1) is 48.8. The molecule has 2 saturated heterocycles. The summed E-state index contributed by atoms with van der Waals surface area (Å²) < 4.78 is 65.8. The summed E-state index contributed by atoms with van der Waals surface area (Å²) in [4.78, 5) is 39.8. The van der Waals surface area contributed by atoms with Gasteiger partial charge in [0.2, 0.25) is 17.8 Å². The zero-order valence-electron chi connectivity index (χ0n) is 38.1. The van der Waals surface area contributed by atoms with Crippen molar-refractivity contribution >= 4 is 79.9 Å². The molecule has 0 saturated carbocycles.